The van der Waals surface area contributed by atoms with Crippen molar-refractivity contribution in [1.29, 1.82) is 5.26 Å². The molecule has 3 heteroatoms. The Morgan fingerprint density at radius 2 is 2.33 bits per heavy atom. The summed E-state index contributed by atoms with van der Waals surface area (Å²) in [7, 11) is 1.06. The van der Waals surface area contributed by atoms with Gasteiger partial charge in [0.1, 0.15) is 0 Å². The van der Waals surface area contributed by atoms with Gasteiger partial charge in [-0.3, -0.25) is 0 Å². The molecule has 0 amide bonds. The van der Waals surface area contributed by atoms with Gasteiger partial charge in [0, 0.05) is 7.11 Å². The molecule has 0 aliphatic heterocycles. The molecule has 0 radical (unpaired) electrons. The lowest BCUT2D eigenvalue weighted by Gasteiger charge is -2.15. The number of hydrogen-bond acceptors (Lipinski definition) is 2. The molecule has 0 spiro atoms. The van der Waals surface area contributed by atoms with E-state index in [1.807, 2.05) is 13.8 Å². The van der Waals surface area contributed by atoms with E-state index >= 15 is 0 Å². The lowest BCUT2D eigenvalue weighted by atomic mass is 10.1. The topological polar surface area (TPSA) is 33.0 Å². The molecule has 0 aromatic heterocycles. The Morgan fingerprint density at radius 3 is 2.44 bits per heavy atom. The molecule has 2 nitrogen and oxygen atoms in total. The normalized spacial score (nSPS) is 17.6. The van der Waals surface area contributed by atoms with Gasteiger partial charge in [0.2, 0.25) is 0 Å². The quantitative estimate of drug-likeness (QED) is 0.548. The van der Waals surface area contributed by atoms with Crippen LogP contribution in [0.2, 0.25) is 5.04 Å². The SMILES string of the molecule is CCC(C)(C#N)[SiH2]OC. The van der Waals surface area contributed by atoms with Gasteiger partial charge in [0.15, 0.2) is 9.76 Å². The maximum atomic E-state index is 8.62. The molecule has 0 N–H and O–H groups in total. The number of hydrogen-bond donors (Lipinski definition) is 0. The Labute approximate surface area is 58.8 Å². The van der Waals surface area contributed by atoms with E-state index in [0.717, 1.165) is 6.42 Å². The van der Waals surface area contributed by atoms with Gasteiger partial charge >= 0.3 is 0 Å². The van der Waals surface area contributed by atoms with Gasteiger partial charge in [-0.05, 0) is 13.3 Å². The van der Waals surface area contributed by atoms with Crippen LogP contribution in [0, 0.1) is 11.3 Å². The molecule has 0 fully saturated rings. The molecule has 0 saturated carbocycles. The summed E-state index contributed by atoms with van der Waals surface area (Å²) in [5, 5.41) is 8.48. The Hall–Kier alpha value is -0.333. The minimum Gasteiger partial charge on any atom is -0.426 e. The van der Waals surface area contributed by atoms with Crippen molar-refractivity contribution in [2.24, 2.45) is 0 Å². The molecule has 0 rings (SSSR count). The first-order valence-corrected chi connectivity index (χ1v) is 4.37. The zero-order valence-corrected chi connectivity index (χ0v) is 7.68. The summed E-state index contributed by atoms with van der Waals surface area (Å²) < 4.78 is 5.01. The number of rotatable bonds is 3. The second-order valence-corrected chi connectivity index (χ2v) is 4.89. The van der Waals surface area contributed by atoms with Gasteiger partial charge in [-0.25, -0.2) is 0 Å². The zero-order chi connectivity index (χ0) is 7.33. The summed E-state index contributed by atoms with van der Waals surface area (Å²) in [4.78, 5) is 0. The highest BCUT2D eigenvalue weighted by Crippen LogP contribution is 2.25. The summed E-state index contributed by atoms with van der Waals surface area (Å²) in [6, 6.07) is 2.27. The largest absolute Gasteiger partial charge is 0.426 e. The molecule has 0 aromatic rings. The van der Waals surface area contributed by atoms with Crippen LogP contribution in [-0.4, -0.2) is 16.9 Å². The van der Waals surface area contributed by atoms with Crippen LogP contribution in [0.5, 0.6) is 0 Å². The summed E-state index contributed by atoms with van der Waals surface area (Å²) in [6.07, 6.45) is 0.906. The molecule has 0 aromatic carbocycles. The van der Waals surface area contributed by atoms with E-state index < -0.39 is 9.76 Å². The molecular formula is C6H13NOSi. The summed E-state index contributed by atoms with van der Waals surface area (Å²) >= 11 is 0. The molecule has 0 heterocycles. The maximum absolute atomic E-state index is 8.62. The van der Waals surface area contributed by atoms with Gasteiger partial charge in [0.05, 0.1) is 11.1 Å². The fourth-order valence-electron chi connectivity index (χ4n) is 0.532. The van der Waals surface area contributed by atoms with Crippen LogP contribution in [0.1, 0.15) is 20.3 Å². The first kappa shape index (κ1) is 8.67. The predicted octanol–water partition coefficient (Wildman–Crippen LogP) is 0.829. The van der Waals surface area contributed by atoms with Crippen molar-refractivity contribution in [2.75, 3.05) is 7.11 Å². The second kappa shape index (κ2) is 3.65. The van der Waals surface area contributed by atoms with Gasteiger partial charge in [-0.15, -0.1) is 0 Å². The third kappa shape index (κ3) is 2.63. The predicted molar refractivity (Wildman–Crippen MR) is 39.8 cm³/mol. The minimum absolute atomic E-state index is 0.144. The highest BCUT2D eigenvalue weighted by Gasteiger charge is 2.21. The van der Waals surface area contributed by atoms with Crippen LogP contribution < -0.4 is 0 Å². The average molecular weight is 143 g/mol. The molecule has 1 unspecified atom stereocenters. The summed E-state index contributed by atoms with van der Waals surface area (Å²) in [6.45, 7) is 3.98. The van der Waals surface area contributed by atoms with Crippen molar-refractivity contribution in [1.82, 2.24) is 0 Å². The lowest BCUT2D eigenvalue weighted by molar-refractivity contribution is 0.418. The van der Waals surface area contributed by atoms with E-state index in [4.69, 9.17) is 9.69 Å². The maximum Gasteiger partial charge on any atom is 0.180 e. The Balaban J connectivity index is 3.81. The van der Waals surface area contributed by atoms with Crippen molar-refractivity contribution in [3.63, 3.8) is 0 Å². The summed E-state index contributed by atoms with van der Waals surface area (Å²) in [5.41, 5.74) is 0. The van der Waals surface area contributed by atoms with Crippen molar-refractivity contribution in [2.45, 2.75) is 25.3 Å². The molecule has 0 saturated heterocycles. The van der Waals surface area contributed by atoms with Crippen LogP contribution >= 0.6 is 0 Å². The van der Waals surface area contributed by atoms with E-state index in [9.17, 15) is 0 Å². The molecule has 9 heavy (non-hydrogen) atoms. The third-order valence-electron chi connectivity index (χ3n) is 1.51. The number of nitrogens with zero attached hydrogens (tertiary/aromatic N) is 1. The molecule has 52 valence electrons. The Bertz CT molecular complexity index is 121. The van der Waals surface area contributed by atoms with Crippen LogP contribution in [0.15, 0.2) is 0 Å². The fourth-order valence-corrected chi connectivity index (χ4v) is 1.44. The Kier molecular flexibility index (Phi) is 3.51. The molecule has 0 bridgehead atoms. The van der Waals surface area contributed by atoms with Gasteiger partial charge < -0.3 is 4.43 Å². The van der Waals surface area contributed by atoms with Crippen molar-refractivity contribution in [3.8, 4) is 6.07 Å². The van der Waals surface area contributed by atoms with Gasteiger partial charge in [-0.1, -0.05) is 6.92 Å². The van der Waals surface area contributed by atoms with Crippen molar-refractivity contribution >= 4 is 9.76 Å². The van der Waals surface area contributed by atoms with E-state index in [-0.39, 0.29) is 5.04 Å². The number of nitriles is 1. The van der Waals surface area contributed by atoms with E-state index in [1.54, 1.807) is 7.11 Å². The van der Waals surface area contributed by atoms with Crippen LogP contribution in [0.25, 0.3) is 0 Å². The molecule has 0 aliphatic carbocycles. The van der Waals surface area contributed by atoms with Crippen molar-refractivity contribution < 1.29 is 4.43 Å². The van der Waals surface area contributed by atoms with Gasteiger partial charge in [-0.2, -0.15) is 5.26 Å². The first-order valence-electron chi connectivity index (χ1n) is 3.08. The third-order valence-corrected chi connectivity index (χ3v) is 3.10. The van der Waals surface area contributed by atoms with Crippen LogP contribution in [-0.2, 0) is 4.43 Å². The second-order valence-electron chi connectivity index (χ2n) is 2.46. The summed E-state index contributed by atoms with van der Waals surface area (Å²) in [5.74, 6) is 0. The molecular weight excluding hydrogens is 130 g/mol. The van der Waals surface area contributed by atoms with Crippen LogP contribution in [0.3, 0.4) is 0 Å². The molecule has 1 atom stereocenters. The zero-order valence-electron chi connectivity index (χ0n) is 6.27. The fraction of sp³-hybridized carbons (Fsp3) is 0.833. The highest BCUT2D eigenvalue weighted by molar-refractivity contribution is 6.33. The minimum atomic E-state index is -0.622. The van der Waals surface area contributed by atoms with Crippen molar-refractivity contribution in [3.05, 3.63) is 0 Å². The standard InChI is InChI=1S/C6H13NOSi/c1-4-6(2,5-7)9-8-3/h4,9H2,1-3H3. The molecule has 0 aliphatic rings. The lowest BCUT2D eigenvalue weighted by Crippen LogP contribution is -2.15. The smallest absolute Gasteiger partial charge is 0.180 e. The van der Waals surface area contributed by atoms with E-state index in [2.05, 4.69) is 6.07 Å². The first-order chi connectivity index (χ1) is 4.18. The Morgan fingerprint density at radius 1 is 1.78 bits per heavy atom. The highest BCUT2D eigenvalue weighted by atomic mass is 28.2. The van der Waals surface area contributed by atoms with Gasteiger partial charge in [0.25, 0.3) is 0 Å². The van der Waals surface area contributed by atoms with E-state index in [0.29, 0.717) is 0 Å². The monoisotopic (exact) mass is 143 g/mol. The van der Waals surface area contributed by atoms with E-state index in [1.165, 1.54) is 0 Å². The average Bonchev–Trinajstić information content (AvgIpc) is 1.89. The van der Waals surface area contributed by atoms with Crippen LogP contribution in [0.4, 0.5) is 0 Å².